The van der Waals surface area contributed by atoms with Gasteiger partial charge in [-0.25, -0.2) is 4.98 Å². The first-order valence-electron chi connectivity index (χ1n) is 4.81. The topological polar surface area (TPSA) is 16.1 Å². The second kappa shape index (κ2) is 4.73. The Morgan fingerprint density at radius 1 is 1.53 bits per heavy atom. The van der Waals surface area contributed by atoms with Gasteiger partial charge in [0.25, 0.3) is 0 Å². The average Bonchev–Trinajstić information content (AvgIpc) is 2.62. The summed E-state index contributed by atoms with van der Waals surface area (Å²) in [6.07, 6.45) is 4.17. The number of halogens is 3. The molecule has 0 aliphatic carbocycles. The molecule has 0 amide bonds. The first kappa shape index (κ1) is 11.9. The SMILES string of the molecule is CN1CCC[C@H]1c1cnc(Cl)c(I)c1Cl. The van der Waals surface area contributed by atoms with Gasteiger partial charge in [-0.1, -0.05) is 23.2 Å². The van der Waals surface area contributed by atoms with Crippen LogP contribution in [-0.2, 0) is 0 Å². The molecule has 1 fully saturated rings. The second-order valence-corrected chi connectivity index (χ2v) is 5.59. The predicted molar refractivity (Wildman–Crippen MR) is 71.6 cm³/mol. The molecule has 15 heavy (non-hydrogen) atoms. The fourth-order valence-corrected chi connectivity index (χ4v) is 2.90. The van der Waals surface area contributed by atoms with Crippen molar-refractivity contribution in [3.8, 4) is 0 Å². The van der Waals surface area contributed by atoms with E-state index < -0.39 is 0 Å². The molecule has 5 heteroatoms. The summed E-state index contributed by atoms with van der Waals surface area (Å²) < 4.78 is 0.855. The third-order valence-electron chi connectivity index (χ3n) is 2.82. The summed E-state index contributed by atoms with van der Waals surface area (Å²) in [4.78, 5) is 6.48. The Morgan fingerprint density at radius 3 is 2.87 bits per heavy atom. The molecule has 0 unspecified atom stereocenters. The minimum Gasteiger partial charge on any atom is -0.299 e. The van der Waals surface area contributed by atoms with Crippen molar-refractivity contribution in [1.82, 2.24) is 9.88 Å². The molecular weight excluding hydrogens is 346 g/mol. The van der Waals surface area contributed by atoms with Gasteiger partial charge in [0.1, 0.15) is 5.15 Å². The highest BCUT2D eigenvalue weighted by molar-refractivity contribution is 14.1. The molecule has 1 aromatic rings. The van der Waals surface area contributed by atoms with E-state index in [-0.39, 0.29) is 0 Å². The molecule has 1 aliphatic heterocycles. The third kappa shape index (κ3) is 2.25. The molecule has 1 aromatic heterocycles. The maximum Gasteiger partial charge on any atom is 0.143 e. The summed E-state index contributed by atoms with van der Waals surface area (Å²) >= 11 is 14.3. The zero-order valence-electron chi connectivity index (χ0n) is 8.30. The van der Waals surface area contributed by atoms with Crippen LogP contribution in [0.1, 0.15) is 24.4 Å². The normalized spacial score (nSPS) is 22.3. The molecule has 0 saturated carbocycles. The van der Waals surface area contributed by atoms with Crippen LogP contribution in [0.3, 0.4) is 0 Å². The van der Waals surface area contributed by atoms with Gasteiger partial charge in [-0.15, -0.1) is 0 Å². The predicted octanol–water partition coefficient (Wildman–Crippen LogP) is 3.76. The Kier molecular flexibility index (Phi) is 3.75. The number of nitrogens with zero attached hydrogens (tertiary/aromatic N) is 2. The van der Waals surface area contributed by atoms with Crippen molar-refractivity contribution in [3.05, 3.63) is 25.5 Å². The highest BCUT2D eigenvalue weighted by Crippen LogP contribution is 2.37. The Bertz CT molecular complexity index is 384. The van der Waals surface area contributed by atoms with Crippen molar-refractivity contribution in [2.24, 2.45) is 0 Å². The number of pyridine rings is 1. The van der Waals surface area contributed by atoms with E-state index in [0.717, 1.165) is 27.1 Å². The van der Waals surface area contributed by atoms with Crippen molar-refractivity contribution in [2.45, 2.75) is 18.9 Å². The fraction of sp³-hybridized carbons (Fsp3) is 0.500. The van der Waals surface area contributed by atoms with E-state index in [1.165, 1.54) is 6.42 Å². The minimum absolute atomic E-state index is 0.399. The molecule has 0 bridgehead atoms. The molecule has 0 N–H and O–H groups in total. The summed E-state index contributed by atoms with van der Waals surface area (Å²) in [5, 5.41) is 1.25. The molecule has 1 saturated heterocycles. The first-order chi connectivity index (χ1) is 7.11. The lowest BCUT2D eigenvalue weighted by atomic mass is 10.1. The number of hydrogen-bond acceptors (Lipinski definition) is 2. The number of aromatic nitrogens is 1. The van der Waals surface area contributed by atoms with Gasteiger partial charge in [0, 0.05) is 17.8 Å². The van der Waals surface area contributed by atoms with Crippen LogP contribution in [0.4, 0.5) is 0 Å². The van der Waals surface area contributed by atoms with E-state index in [1.54, 1.807) is 6.20 Å². The zero-order valence-corrected chi connectivity index (χ0v) is 12.0. The van der Waals surface area contributed by atoms with Crippen molar-refractivity contribution >= 4 is 45.8 Å². The van der Waals surface area contributed by atoms with Crippen LogP contribution in [0.25, 0.3) is 0 Å². The maximum absolute atomic E-state index is 6.29. The van der Waals surface area contributed by atoms with Gasteiger partial charge in [-0.3, -0.25) is 4.90 Å². The van der Waals surface area contributed by atoms with E-state index in [0.29, 0.717) is 11.2 Å². The Morgan fingerprint density at radius 2 is 2.27 bits per heavy atom. The first-order valence-corrected chi connectivity index (χ1v) is 6.64. The van der Waals surface area contributed by atoms with Crippen LogP contribution in [0.2, 0.25) is 10.2 Å². The van der Waals surface area contributed by atoms with Crippen molar-refractivity contribution in [3.63, 3.8) is 0 Å². The summed E-state index contributed by atoms with van der Waals surface area (Å²) in [5.41, 5.74) is 1.10. The molecule has 82 valence electrons. The van der Waals surface area contributed by atoms with Crippen LogP contribution in [0, 0.1) is 3.57 Å². The largest absolute Gasteiger partial charge is 0.299 e. The van der Waals surface area contributed by atoms with Gasteiger partial charge < -0.3 is 0 Å². The van der Waals surface area contributed by atoms with Crippen molar-refractivity contribution < 1.29 is 0 Å². The smallest absolute Gasteiger partial charge is 0.143 e. The molecule has 0 radical (unpaired) electrons. The van der Waals surface area contributed by atoms with Gasteiger partial charge in [-0.2, -0.15) is 0 Å². The number of likely N-dealkylation sites (tertiary alicyclic amines) is 1. The van der Waals surface area contributed by atoms with Gasteiger partial charge in [0.2, 0.25) is 0 Å². The average molecular weight is 357 g/mol. The highest BCUT2D eigenvalue weighted by atomic mass is 127. The van der Waals surface area contributed by atoms with Gasteiger partial charge in [0.05, 0.1) is 8.59 Å². The van der Waals surface area contributed by atoms with Crippen LogP contribution in [-0.4, -0.2) is 23.5 Å². The molecule has 0 spiro atoms. The molecular formula is C10H11Cl2IN2. The van der Waals surface area contributed by atoms with Gasteiger partial charge >= 0.3 is 0 Å². The zero-order chi connectivity index (χ0) is 11.0. The lowest BCUT2D eigenvalue weighted by Gasteiger charge is -2.21. The summed E-state index contributed by atoms with van der Waals surface area (Å²) in [6.45, 7) is 1.13. The Balaban J connectivity index is 2.40. The number of rotatable bonds is 1. The van der Waals surface area contributed by atoms with E-state index >= 15 is 0 Å². The van der Waals surface area contributed by atoms with Gasteiger partial charge in [0.15, 0.2) is 0 Å². The standard InChI is InChI=1S/C10H11Cl2IN2/c1-15-4-2-3-7(15)6-5-14-10(12)9(13)8(6)11/h5,7H,2-4H2,1H3/t7-/m0/s1. The molecule has 0 aromatic carbocycles. The summed E-state index contributed by atoms with van der Waals surface area (Å²) in [6, 6.07) is 0.399. The quantitative estimate of drug-likeness (QED) is 0.562. The molecule has 2 rings (SSSR count). The molecule has 1 atom stereocenters. The van der Waals surface area contributed by atoms with Crippen LogP contribution < -0.4 is 0 Å². The lowest BCUT2D eigenvalue weighted by Crippen LogP contribution is -2.18. The molecule has 2 nitrogen and oxygen atoms in total. The Hall–Kier alpha value is 0.420. The lowest BCUT2D eigenvalue weighted by molar-refractivity contribution is 0.317. The Labute approximate surface area is 113 Å². The third-order valence-corrected chi connectivity index (χ3v) is 5.21. The van der Waals surface area contributed by atoms with Crippen LogP contribution in [0.5, 0.6) is 0 Å². The maximum atomic E-state index is 6.29. The van der Waals surface area contributed by atoms with Gasteiger partial charge in [-0.05, 0) is 49.0 Å². The van der Waals surface area contributed by atoms with Crippen LogP contribution in [0.15, 0.2) is 6.20 Å². The summed E-state index contributed by atoms with van der Waals surface area (Å²) in [7, 11) is 2.12. The number of hydrogen-bond donors (Lipinski definition) is 0. The van der Waals surface area contributed by atoms with Crippen molar-refractivity contribution in [1.29, 1.82) is 0 Å². The van der Waals surface area contributed by atoms with Crippen molar-refractivity contribution in [2.75, 3.05) is 13.6 Å². The highest BCUT2D eigenvalue weighted by Gasteiger charge is 2.26. The minimum atomic E-state index is 0.399. The summed E-state index contributed by atoms with van der Waals surface area (Å²) in [5.74, 6) is 0. The van der Waals surface area contributed by atoms with E-state index in [1.807, 2.05) is 0 Å². The molecule has 2 heterocycles. The molecule has 1 aliphatic rings. The van der Waals surface area contributed by atoms with Crippen LogP contribution >= 0.6 is 45.8 Å². The second-order valence-electron chi connectivity index (χ2n) is 3.77. The van der Waals surface area contributed by atoms with E-state index in [4.69, 9.17) is 23.2 Å². The fourth-order valence-electron chi connectivity index (χ4n) is 1.99. The monoisotopic (exact) mass is 356 g/mol. The van der Waals surface area contributed by atoms with E-state index in [9.17, 15) is 0 Å². The van der Waals surface area contributed by atoms with E-state index in [2.05, 4.69) is 39.5 Å².